The zero-order valence-corrected chi connectivity index (χ0v) is 11.7. The first-order valence-corrected chi connectivity index (χ1v) is 6.68. The van der Waals surface area contributed by atoms with Crippen molar-refractivity contribution in [2.45, 2.75) is 19.2 Å². The fraction of sp³-hybridized carbons (Fsp3) is 0.250. The Hall–Kier alpha value is -1.54. The first kappa shape index (κ1) is 13.9. The summed E-state index contributed by atoms with van der Waals surface area (Å²) in [5.41, 5.74) is 2.31. The highest BCUT2D eigenvalue weighted by Crippen LogP contribution is 2.30. The second-order valence-electron chi connectivity index (χ2n) is 4.37. The molecule has 1 unspecified atom stereocenters. The first-order valence-electron chi connectivity index (χ1n) is 6.24. The Morgan fingerprint density at radius 2 is 1.74 bits per heavy atom. The van der Waals surface area contributed by atoms with E-state index in [0.717, 1.165) is 16.9 Å². The lowest BCUT2D eigenvalue weighted by Gasteiger charge is -2.12. The smallest absolute Gasteiger partial charge is 0.126 e. The molecule has 2 aromatic carbocycles. The molecular formula is C16H16ClFO. The molecule has 0 aromatic heterocycles. The molecule has 0 fully saturated rings. The summed E-state index contributed by atoms with van der Waals surface area (Å²) in [4.78, 5) is 0. The van der Waals surface area contributed by atoms with Crippen LogP contribution in [0, 0.1) is 12.7 Å². The number of halogens is 2. The van der Waals surface area contributed by atoms with Gasteiger partial charge < -0.3 is 4.74 Å². The average Bonchev–Trinajstić information content (AvgIpc) is 2.42. The number of ether oxygens (including phenoxy) is 1. The molecule has 0 bridgehead atoms. The zero-order chi connectivity index (χ0) is 13.8. The topological polar surface area (TPSA) is 9.23 Å². The second kappa shape index (κ2) is 6.07. The molecule has 0 N–H and O–H groups in total. The third-order valence-electron chi connectivity index (χ3n) is 2.97. The Morgan fingerprint density at radius 1 is 1.11 bits per heavy atom. The molecule has 0 aliphatic heterocycles. The van der Waals surface area contributed by atoms with E-state index in [1.54, 1.807) is 13.0 Å². The molecule has 0 radical (unpaired) electrons. The summed E-state index contributed by atoms with van der Waals surface area (Å²) >= 11 is 6.38. The van der Waals surface area contributed by atoms with Gasteiger partial charge in [0.15, 0.2) is 0 Å². The standard InChI is InChI=1S/C16H16ClFO/c1-3-19-14-8-6-12(7-9-14)16(17)13-5-4-11(2)15(18)10-13/h4-10,16H,3H2,1-2H3. The van der Waals surface area contributed by atoms with Gasteiger partial charge in [-0.05, 0) is 48.7 Å². The summed E-state index contributed by atoms with van der Waals surface area (Å²) in [6.45, 7) is 4.30. The van der Waals surface area contributed by atoms with Crippen molar-refractivity contribution in [3.05, 3.63) is 65.0 Å². The van der Waals surface area contributed by atoms with Crippen molar-refractivity contribution in [1.82, 2.24) is 0 Å². The van der Waals surface area contributed by atoms with Crippen LogP contribution < -0.4 is 4.74 Å². The van der Waals surface area contributed by atoms with Crippen molar-refractivity contribution < 1.29 is 9.13 Å². The van der Waals surface area contributed by atoms with Gasteiger partial charge in [-0.1, -0.05) is 24.3 Å². The van der Waals surface area contributed by atoms with E-state index in [1.165, 1.54) is 6.07 Å². The lowest BCUT2D eigenvalue weighted by atomic mass is 10.0. The minimum atomic E-state index is -0.356. The molecule has 0 heterocycles. The molecule has 100 valence electrons. The van der Waals surface area contributed by atoms with Gasteiger partial charge in [0.1, 0.15) is 11.6 Å². The van der Waals surface area contributed by atoms with Gasteiger partial charge in [-0.25, -0.2) is 4.39 Å². The van der Waals surface area contributed by atoms with Crippen LogP contribution in [0.5, 0.6) is 5.75 Å². The fourth-order valence-electron chi connectivity index (χ4n) is 1.86. The second-order valence-corrected chi connectivity index (χ2v) is 4.81. The van der Waals surface area contributed by atoms with Crippen LogP contribution in [-0.4, -0.2) is 6.61 Å². The maximum absolute atomic E-state index is 13.5. The average molecular weight is 279 g/mol. The minimum absolute atomic E-state index is 0.228. The van der Waals surface area contributed by atoms with Crippen LogP contribution in [0.1, 0.15) is 29.0 Å². The summed E-state index contributed by atoms with van der Waals surface area (Å²) < 4.78 is 18.9. The lowest BCUT2D eigenvalue weighted by molar-refractivity contribution is 0.340. The molecule has 1 nitrogen and oxygen atoms in total. The molecule has 0 amide bonds. The molecule has 2 rings (SSSR count). The van der Waals surface area contributed by atoms with Crippen LogP contribution in [0.4, 0.5) is 4.39 Å². The third-order valence-corrected chi connectivity index (χ3v) is 3.48. The summed E-state index contributed by atoms with van der Waals surface area (Å²) in [7, 11) is 0. The summed E-state index contributed by atoms with van der Waals surface area (Å²) in [5.74, 6) is 0.583. The molecule has 0 aliphatic rings. The van der Waals surface area contributed by atoms with E-state index >= 15 is 0 Å². The van der Waals surface area contributed by atoms with Crippen molar-refractivity contribution in [2.75, 3.05) is 6.61 Å². The zero-order valence-electron chi connectivity index (χ0n) is 11.0. The molecule has 3 heteroatoms. The highest BCUT2D eigenvalue weighted by atomic mass is 35.5. The van der Waals surface area contributed by atoms with Gasteiger partial charge in [0.25, 0.3) is 0 Å². The summed E-state index contributed by atoms with van der Waals surface area (Å²) in [6.07, 6.45) is 0. The van der Waals surface area contributed by atoms with Crippen LogP contribution in [0.2, 0.25) is 0 Å². The Balaban J connectivity index is 2.22. The van der Waals surface area contributed by atoms with E-state index in [4.69, 9.17) is 16.3 Å². The quantitative estimate of drug-likeness (QED) is 0.726. The van der Waals surface area contributed by atoms with Crippen molar-refractivity contribution in [3.8, 4) is 5.75 Å². The van der Waals surface area contributed by atoms with Gasteiger partial charge in [0, 0.05) is 0 Å². The Labute approximate surface area is 118 Å². The van der Waals surface area contributed by atoms with Gasteiger partial charge in [-0.3, -0.25) is 0 Å². The van der Waals surface area contributed by atoms with Gasteiger partial charge in [-0.2, -0.15) is 0 Å². The highest BCUT2D eigenvalue weighted by Gasteiger charge is 2.12. The van der Waals surface area contributed by atoms with Crippen LogP contribution in [0.15, 0.2) is 42.5 Å². The van der Waals surface area contributed by atoms with E-state index in [0.29, 0.717) is 12.2 Å². The van der Waals surface area contributed by atoms with Crippen LogP contribution in [0.3, 0.4) is 0 Å². The van der Waals surface area contributed by atoms with Crippen molar-refractivity contribution in [1.29, 1.82) is 0 Å². The van der Waals surface area contributed by atoms with Gasteiger partial charge in [-0.15, -0.1) is 11.6 Å². The van der Waals surface area contributed by atoms with Crippen LogP contribution >= 0.6 is 11.6 Å². The molecular weight excluding hydrogens is 263 g/mol. The molecule has 0 aliphatic carbocycles. The van der Waals surface area contributed by atoms with Gasteiger partial charge in [0.05, 0.1) is 12.0 Å². The minimum Gasteiger partial charge on any atom is -0.494 e. The van der Waals surface area contributed by atoms with E-state index in [2.05, 4.69) is 0 Å². The summed E-state index contributed by atoms with van der Waals surface area (Å²) in [5, 5.41) is -0.356. The van der Waals surface area contributed by atoms with Gasteiger partial charge in [0.2, 0.25) is 0 Å². The predicted octanol–water partition coefficient (Wildman–Crippen LogP) is 4.86. The third kappa shape index (κ3) is 3.27. The Bertz CT molecular complexity index is 551. The predicted molar refractivity (Wildman–Crippen MR) is 76.4 cm³/mol. The van der Waals surface area contributed by atoms with Crippen molar-refractivity contribution >= 4 is 11.6 Å². The highest BCUT2D eigenvalue weighted by molar-refractivity contribution is 6.22. The monoisotopic (exact) mass is 278 g/mol. The number of hydrogen-bond donors (Lipinski definition) is 0. The maximum Gasteiger partial charge on any atom is 0.126 e. The van der Waals surface area contributed by atoms with Crippen molar-refractivity contribution in [2.24, 2.45) is 0 Å². The molecule has 1 atom stereocenters. The van der Waals surface area contributed by atoms with Gasteiger partial charge >= 0.3 is 0 Å². The first-order chi connectivity index (χ1) is 9.11. The largest absolute Gasteiger partial charge is 0.494 e. The number of benzene rings is 2. The number of aryl methyl sites for hydroxylation is 1. The van der Waals surface area contributed by atoms with E-state index in [9.17, 15) is 4.39 Å². The maximum atomic E-state index is 13.5. The Kier molecular flexibility index (Phi) is 4.43. The van der Waals surface area contributed by atoms with E-state index in [1.807, 2.05) is 37.3 Å². The lowest BCUT2D eigenvalue weighted by Crippen LogP contribution is -1.96. The molecule has 0 saturated heterocycles. The Morgan fingerprint density at radius 3 is 2.32 bits per heavy atom. The SMILES string of the molecule is CCOc1ccc(C(Cl)c2ccc(C)c(F)c2)cc1. The molecule has 0 spiro atoms. The molecule has 2 aromatic rings. The fourth-order valence-corrected chi connectivity index (χ4v) is 2.14. The normalized spacial score (nSPS) is 12.2. The molecule has 19 heavy (non-hydrogen) atoms. The number of alkyl halides is 1. The van der Waals surface area contributed by atoms with Crippen LogP contribution in [-0.2, 0) is 0 Å². The molecule has 0 saturated carbocycles. The van der Waals surface area contributed by atoms with Crippen molar-refractivity contribution in [3.63, 3.8) is 0 Å². The number of hydrogen-bond acceptors (Lipinski definition) is 1. The van der Waals surface area contributed by atoms with E-state index in [-0.39, 0.29) is 11.2 Å². The van der Waals surface area contributed by atoms with E-state index < -0.39 is 0 Å². The summed E-state index contributed by atoms with van der Waals surface area (Å²) in [6, 6.07) is 12.6. The van der Waals surface area contributed by atoms with Crippen LogP contribution in [0.25, 0.3) is 0 Å². The number of rotatable bonds is 4.